The van der Waals surface area contributed by atoms with Crippen LogP contribution in [0.25, 0.3) is 0 Å². The molecule has 0 radical (unpaired) electrons. The largest absolute Gasteiger partial charge is 0.351 e. The summed E-state index contributed by atoms with van der Waals surface area (Å²) in [4.78, 5) is 24.8. The van der Waals surface area contributed by atoms with E-state index in [1.807, 2.05) is 30.3 Å². The van der Waals surface area contributed by atoms with E-state index in [2.05, 4.69) is 0 Å². The molecule has 1 aromatic rings. The molecule has 5 nitrogen and oxygen atoms in total. The third-order valence-corrected chi connectivity index (χ3v) is 3.79. The third-order valence-electron chi connectivity index (χ3n) is 3.79. The van der Waals surface area contributed by atoms with Gasteiger partial charge in [-0.15, -0.1) is 5.06 Å². The Bertz CT molecular complexity index is 488. The predicted molar refractivity (Wildman–Crippen MR) is 62.9 cm³/mol. The van der Waals surface area contributed by atoms with Gasteiger partial charge >= 0.3 is 6.03 Å². The first kappa shape index (κ1) is 11.2. The van der Waals surface area contributed by atoms with Crippen molar-refractivity contribution in [2.75, 3.05) is 6.54 Å². The zero-order valence-corrected chi connectivity index (χ0v) is 9.82. The van der Waals surface area contributed by atoms with Crippen molar-refractivity contribution < 1.29 is 14.8 Å². The van der Waals surface area contributed by atoms with E-state index < -0.39 is 18.0 Å². The van der Waals surface area contributed by atoms with Crippen molar-refractivity contribution >= 4 is 11.9 Å². The van der Waals surface area contributed by atoms with Crippen molar-refractivity contribution in [3.63, 3.8) is 0 Å². The SMILES string of the molecule is O=C1C2CC(c3ccccc3)CCN2C(=O)N1O. The summed E-state index contributed by atoms with van der Waals surface area (Å²) in [6.45, 7) is 0.520. The summed E-state index contributed by atoms with van der Waals surface area (Å²) in [5.41, 5.74) is 1.19. The van der Waals surface area contributed by atoms with Crippen LogP contribution in [-0.4, -0.2) is 39.7 Å². The minimum Gasteiger partial charge on any atom is -0.310 e. The second-order valence-corrected chi connectivity index (χ2v) is 4.77. The molecule has 0 saturated carbocycles. The molecule has 1 aromatic carbocycles. The number of fused-ring (bicyclic) bond motifs is 1. The van der Waals surface area contributed by atoms with Crippen LogP contribution in [0.2, 0.25) is 0 Å². The fourth-order valence-corrected chi connectivity index (χ4v) is 2.81. The van der Waals surface area contributed by atoms with Crippen molar-refractivity contribution in [3.05, 3.63) is 35.9 Å². The number of nitrogens with zero attached hydrogens (tertiary/aromatic N) is 2. The van der Waals surface area contributed by atoms with Gasteiger partial charge in [0.15, 0.2) is 0 Å². The molecule has 0 spiro atoms. The first-order chi connectivity index (χ1) is 8.68. The number of hydroxylamine groups is 2. The summed E-state index contributed by atoms with van der Waals surface area (Å²) in [6.07, 6.45) is 1.42. The van der Waals surface area contributed by atoms with Gasteiger partial charge in [0.05, 0.1) is 0 Å². The number of carbonyl (C=O) groups excluding carboxylic acids is 2. The number of carbonyl (C=O) groups is 2. The van der Waals surface area contributed by atoms with E-state index in [1.165, 1.54) is 10.5 Å². The van der Waals surface area contributed by atoms with Crippen LogP contribution in [0.4, 0.5) is 4.79 Å². The Balaban J connectivity index is 1.82. The van der Waals surface area contributed by atoms with Crippen molar-refractivity contribution in [2.45, 2.75) is 24.8 Å². The molecule has 18 heavy (non-hydrogen) atoms. The summed E-state index contributed by atoms with van der Waals surface area (Å²) < 4.78 is 0. The van der Waals surface area contributed by atoms with Crippen LogP contribution in [-0.2, 0) is 4.79 Å². The first-order valence-corrected chi connectivity index (χ1v) is 6.07. The van der Waals surface area contributed by atoms with Gasteiger partial charge in [-0.25, -0.2) is 4.79 Å². The summed E-state index contributed by atoms with van der Waals surface area (Å²) in [5, 5.41) is 9.59. The fourth-order valence-electron chi connectivity index (χ4n) is 2.81. The number of urea groups is 1. The maximum atomic E-state index is 11.7. The minimum atomic E-state index is -0.587. The quantitative estimate of drug-likeness (QED) is 0.604. The predicted octanol–water partition coefficient (Wildman–Crippen LogP) is 1.59. The Morgan fingerprint density at radius 1 is 1.17 bits per heavy atom. The standard InChI is InChI=1S/C13H14N2O3/c16-12-11-8-10(9-4-2-1-3-5-9)6-7-14(11)13(17)15(12)18/h1-5,10-11,18H,6-8H2. The fraction of sp³-hybridized carbons (Fsp3) is 0.385. The topological polar surface area (TPSA) is 60.9 Å². The van der Waals surface area contributed by atoms with Crippen LogP contribution in [0.5, 0.6) is 0 Å². The highest BCUT2D eigenvalue weighted by Crippen LogP contribution is 2.35. The third kappa shape index (κ3) is 1.59. The number of hydrogen-bond donors (Lipinski definition) is 1. The maximum Gasteiger partial charge on any atom is 0.351 e. The van der Waals surface area contributed by atoms with Crippen molar-refractivity contribution in [2.24, 2.45) is 0 Å². The molecule has 0 bridgehead atoms. The minimum absolute atomic E-state index is 0.248. The Hall–Kier alpha value is -1.88. The number of imide groups is 1. The van der Waals surface area contributed by atoms with Crippen LogP contribution >= 0.6 is 0 Å². The molecule has 0 aromatic heterocycles. The van der Waals surface area contributed by atoms with Gasteiger partial charge in [-0.2, -0.15) is 0 Å². The van der Waals surface area contributed by atoms with E-state index in [1.54, 1.807) is 0 Å². The van der Waals surface area contributed by atoms with Gasteiger partial charge in [-0.1, -0.05) is 30.3 Å². The second-order valence-electron chi connectivity index (χ2n) is 4.77. The Morgan fingerprint density at radius 3 is 2.61 bits per heavy atom. The van der Waals surface area contributed by atoms with Gasteiger partial charge in [0.1, 0.15) is 6.04 Å². The molecule has 1 N–H and O–H groups in total. The van der Waals surface area contributed by atoms with E-state index in [0.29, 0.717) is 13.0 Å². The Labute approximate surface area is 105 Å². The van der Waals surface area contributed by atoms with E-state index in [-0.39, 0.29) is 11.0 Å². The monoisotopic (exact) mass is 246 g/mol. The lowest BCUT2D eigenvalue weighted by molar-refractivity contribution is -0.149. The molecule has 3 rings (SSSR count). The van der Waals surface area contributed by atoms with Crippen LogP contribution in [0.15, 0.2) is 30.3 Å². The van der Waals surface area contributed by atoms with Gasteiger partial charge < -0.3 is 4.90 Å². The summed E-state index contributed by atoms with van der Waals surface area (Å²) >= 11 is 0. The average Bonchev–Trinajstić information content (AvgIpc) is 2.65. The van der Waals surface area contributed by atoms with E-state index in [4.69, 9.17) is 0 Å². The molecule has 5 heteroatoms. The lowest BCUT2D eigenvalue weighted by Crippen LogP contribution is -2.41. The highest BCUT2D eigenvalue weighted by Gasteiger charge is 2.47. The van der Waals surface area contributed by atoms with Gasteiger partial charge in [0, 0.05) is 6.54 Å². The molecular weight excluding hydrogens is 232 g/mol. The molecule has 2 saturated heterocycles. The Kier molecular flexibility index (Phi) is 2.56. The number of rotatable bonds is 1. The molecule has 2 aliphatic heterocycles. The summed E-state index contributed by atoms with van der Waals surface area (Å²) in [7, 11) is 0. The molecule has 2 atom stereocenters. The molecule has 2 aliphatic rings. The lowest BCUT2D eigenvalue weighted by atomic mass is 9.86. The van der Waals surface area contributed by atoms with E-state index >= 15 is 0 Å². The number of benzene rings is 1. The van der Waals surface area contributed by atoms with Crippen molar-refractivity contribution in [1.29, 1.82) is 0 Å². The Morgan fingerprint density at radius 2 is 1.89 bits per heavy atom. The van der Waals surface area contributed by atoms with Gasteiger partial charge in [0.2, 0.25) is 0 Å². The van der Waals surface area contributed by atoms with Crippen molar-refractivity contribution in [1.82, 2.24) is 9.96 Å². The zero-order chi connectivity index (χ0) is 12.7. The van der Waals surface area contributed by atoms with Gasteiger partial charge in [0.25, 0.3) is 5.91 Å². The summed E-state index contributed by atoms with van der Waals surface area (Å²) in [5.74, 6) is -0.226. The molecule has 2 heterocycles. The van der Waals surface area contributed by atoms with E-state index in [0.717, 1.165) is 6.42 Å². The highest BCUT2D eigenvalue weighted by molar-refractivity contribution is 6.03. The lowest BCUT2D eigenvalue weighted by Gasteiger charge is -2.32. The molecule has 0 aliphatic carbocycles. The smallest absolute Gasteiger partial charge is 0.310 e. The molecular formula is C13H14N2O3. The van der Waals surface area contributed by atoms with Gasteiger partial charge in [-0.05, 0) is 24.3 Å². The van der Waals surface area contributed by atoms with Crippen LogP contribution in [0.3, 0.4) is 0 Å². The summed E-state index contributed by atoms with van der Waals surface area (Å²) in [6, 6.07) is 8.90. The highest BCUT2D eigenvalue weighted by atomic mass is 16.5. The maximum absolute atomic E-state index is 11.7. The zero-order valence-electron chi connectivity index (χ0n) is 9.82. The number of hydrogen-bond acceptors (Lipinski definition) is 3. The normalized spacial score (nSPS) is 27.6. The first-order valence-electron chi connectivity index (χ1n) is 6.07. The van der Waals surface area contributed by atoms with Crippen molar-refractivity contribution in [3.8, 4) is 0 Å². The second kappa shape index (κ2) is 4.10. The molecule has 94 valence electrons. The van der Waals surface area contributed by atoms with Crippen LogP contribution in [0.1, 0.15) is 24.3 Å². The molecule has 2 fully saturated rings. The van der Waals surface area contributed by atoms with Crippen LogP contribution < -0.4 is 0 Å². The molecule has 3 amide bonds. The van der Waals surface area contributed by atoms with Crippen LogP contribution in [0, 0.1) is 0 Å². The number of piperidine rings is 1. The van der Waals surface area contributed by atoms with Gasteiger partial charge in [-0.3, -0.25) is 10.0 Å². The van der Waals surface area contributed by atoms with E-state index in [9.17, 15) is 14.8 Å². The average molecular weight is 246 g/mol. The molecule has 2 unspecified atom stereocenters. The number of amides is 3.